The van der Waals surface area contributed by atoms with Gasteiger partial charge in [0.1, 0.15) is 23.9 Å². The van der Waals surface area contributed by atoms with E-state index < -0.39 is 23.4 Å². The summed E-state index contributed by atoms with van der Waals surface area (Å²) in [5.41, 5.74) is 3.02. The molecule has 0 bridgehead atoms. The zero-order valence-electron chi connectivity index (χ0n) is 24.2. The number of hydrogen-bond donors (Lipinski definition) is 1. The molecule has 1 fully saturated rings. The molecule has 8 nitrogen and oxygen atoms in total. The van der Waals surface area contributed by atoms with Crippen molar-refractivity contribution < 1.29 is 27.9 Å². The predicted molar refractivity (Wildman–Crippen MR) is 164 cm³/mol. The predicted octanol–water partition coefficient (Wildman–Crippen LogP) is 5.22. The van der Waals surface area contributed by atoms with Crippen LogP contribution in [0.2, 0.25) is 0 Å². The summed E-state index contributed by atoms with van der Waals surface area (Å²) in [5.74, 6) is -1.07. The van der Waals surface area contributed by atoms with E-state index in [-0.39, 0.29) is 24.6 Å². The Morgan fingerprint density at radius 3 is 1.91 bits per heavy atom. The van der Waals surface area contributed by atoms with Crippen LogP contribution < -0.4 is 15.0 Å². The van der Waals surface area contributed by atoms with Crippen LogP contribution >= 0.6 is 0 Å². The molecule has 0 unspecified atom stereocenters. The summed E-state index contributed by atoms with van der Waals surface area (Å²) in [6, 6.07) is 25.2. The highest BCUT2D eigenvalue weighted by molar-refractivity contribution is 5.99. The Balaban J connectivity index is 1.18. The van der Waals surface area contributed by atoms with Crippen molar-refractivity contribution in [3.63, 3.8) is 0 Å². The number of piperazine rings is 1. The van der Waals surface area contributed by atoms with E-state index in [0.717, 1.165) is 5.69 Å². The second-order valence-electron chi connectivity index (χ2n) is 10.4. The molecular formula is C34H32F2N4O4. The molecule has 5 rings (SSSR count). The Hall–Kier alpha value is -5.25. The lowest BCUT2D eigenvalue weighted by molar-refractivity contribution is -0.117. The van der Waals surface area contributed by atoms with Crippen molar-refractivity contribution in [2.75, 3.05) is 50.1 Å². The summed E-state index contributed by atoms with van der Waals surface area (Å²) in [4.78, 5) is 44.5. The van der Waals surface area contributed by atoms with Gasteiger partial charge in [0.15, 0.2) is 0 Å². The average Bonchev–Trinajstić information content (AvgIpc) is 3.05. The molecule has 1 N–H and O–H groups in total. The van der Waals surface area contributed by atoms with Crippen molar-refractivity contribution in [1.29, 1.82) is 0 Å². The molecule has 1 saturated heterocycles. The Labute approximate surface area is 254 Å². The number of nitrogens with zero attached hydrogens (tertiary/aromatic N) is 3. The summed E-state index contributed by atoms with van der Waals surface area (Å²) in [6.07, 6.45) is 0. The quantitative estimate of drug-likeness (QED) is 0.286. The third-order valence-corrected chi connectivity index (χ3v) is 7.42. The van der Waals surface area contributed by atoms with Crippen molar-refractivity contribution in [3.8, 4) is 5.75 Å². The number of halogens is 2. The normalized spacial score (nSPS) is 12.9. The van der Waals surface area contributed by atoms with Crippen molar-refractivity contribution in [3.05, 3.63) is 125 Å². The molecule has 3 amide bonds. The van der Waals surface area contributed by atoms with E-state index in [1.807, 2.05) is 17.0 Å². The number of methoxy groups -OCH3 is 1. The summed E-state index contributed by atoms with van der Waals surface area (Å²) in [7, 11) is 1.59. The topological polar surface area (TPSA) is 82.2 Å². The maximum atomic E-state index is 13.4. The van der Waals surface area contributed by atoms with E-state index in [4.69, 9.17) is 4.74 Å². The molecule has 10 heteroatoms. The molecule has 1 aliphatic rings. The molecule has 0 saturated carbocycles. The first-order chi connectivity index (χ1) is 21.3. The lowest BCUT2D eigenvalue weighted by Gasteiger charge is -2.36. The Kier molecular flexibility index (Phi) is 9.49. The third-order valence-electron chi connectivity index (χ3n) is 7.42. The minimum absolute atomic E-state index is 0.0169. The van der Waals surface area contributed by atoms with Crippen LogP contribution in [0.1, 0.15) is 26.3 Å². The zero-order chi connectivity index (χ0) is 31.1. The van der Waals surface area contributed by atoms with Gasteiger partial charge < -0.3 is 24.8 Å². The van der Waals surface area contributed by atoms with Gasteiger partial charge in [-0.3, -0.25) is 14.4 Å². The van der Waals surface area contributed by atoms with Gasteiger partial charge in [0.05, 0.1) is 7.11 Å². The number of rotatable bonds is 9. The van der Waals surface area contributed by atoms with E-state index in [2.05, 4.69) is 10.2 Å². The number of benzene rings is 4. The lowest BCUT2D eigenvalue weighted by Crippen LogP contribution is -2.48. The number of amides is 3. The molecule has 0 atom stereocenters. The van der Waals surface area contributed by atoms with Crippen molar-refractivity contribution in [1.82, 2.24) is 9.80 Å². The van der Waals surface area contributed by atoms with Gasteiger partial charge in [-0.2, -0.15) is 0 Å². The molecule has 0 aliphatic carbocycles. The Morgan fingerprint density at radius 1 is 0.750 bits per heavy atom. The fourth-order valence-corrected chi connectivity index (χ4v) is 5.00. The van der Waals surface area contributed by atoms with Crippen LogP contribution in [0, 0.1) is 11.6 Å². The lowest BCUT2D eigenvalue weighted by atomic mass is 10.1. The van der Waals surface area contributed by atoms with E-state index in [9.17, 15) is 23.2 Å². The number of ether oxygens (including phenoxy) is 1. The number of carbonyl (C=O) groups excluding carboxylic acids is 3. The van der Waals surface area contributed by atoms with Gasteiger partial charge in [-0.15, -0.1) is 0 Å². The number of hydrogen-bond acceptors (Lipinski definition) is 5. The standard InChI is InChI=1S/C34H32F2N4O4/c1-44-31-16-6-26(7-17-31)33(42)39-20-18-38(19-21-39)30-14-12-29(13-15-30)37-32(41)23-40(22-24-2-8-27(35)9-3-24)34(43)25-4-10-28(36)11-5-25/h2-17H,18-23H2,1H3,(H,37,41). The SMILES string of the molecule is COc1ccc(C(=O)N2CCN(c3ccc(NC(=O)CN(Cc4ccc(F)cc4)C(=O)c4ccc(F)cc4)cc3)CC2)cc1. The fourth-order valence-electron chi connectivity index (χ4n) is 5.00. The highest BCUT2D eigenvalue weighted by Gasteiger charge is 2.23. The second kappa shape index (κ2) is 13.8. The molecule has 44 heavy (non-hydrogen) atoms. The molecular weight excluding hydrogens is 566 g/mol. The first-order valence-corrected chi connectivity index (χ1v) is 14.2. The van der Waals surface area contributed by atoms with Crippen LogP contribution in [-0.4, -0.2) is 67.4 Å². The highest BCUT2D eigenvalue weighted by Crippen LogP contribution is 2.21. The van der Waals surface area contributed by atoms with Crippen LogP contribution in [0.25, 0.3) is 0 Å². The summed E-state index contributed by atoms with van der Waals surface area (Å²) < 4.78 is 32.0. The molecule has 4 aromatic carbocycles. The van der Waals surface area contributed by atoms with Gasteiger partial charge in [0, 0.05) is 55.2 Å². The number of carbonyl (C=O) groups is 3. The molecule has 4 aromatic rings. The number of nitrogens with one attached hydrogen (secondary N) is 1. The first kappa shape index (κ1) is 30.2. The summed E-state index contributed by atoms with van der Waals surface area (Å²) >= 11 is 0. The zero-order valence-corrected chi connectivity index (χ0v) is 24.2. The molecule has 1 aliphatic heterocycles. The monoisotopic (exact) mass is 598 g/mol. The maximum Gasteiger partial charge on any atom is 0.254 e. The van der Waals surface area contributed by atoms with Crippen LogP contribution in [0.5, 0.6) is 5.75 Å². The average molecular weight is 599 g/mol. The van der Waals surface area contributed by atoms with Crippen LogP contribution in [0.4, 0.5) is 20.2 Å². The van der Waals surface area contributed by atoms with Gasteiger partial charge in [-0.05, 0) is 90.5 Å². The van der Waals surface area contributed by atoms with Crippen molar-refractivity contribution in [2.45, 2.75) is 6.54 Å². The fraction of sp³-hybridized carbons (Fsp3) is 0.206. The molecule has 0 radical (unpaired) electrons. The van der Waals surface area contributed by atoms with Gasteiger partial charge in [0.2, 0.25) is 5.91 Å². The molecule has 226 valence electrons. The Morgan fingerprint density at radius 2 is 1.32 bits per heavy atom. The van der Waals surface area contributed by atoms with Gasteiger partial charge in [-0.1, -0.05) is 12.1 Å². The van der Waals surface area contributed by atoms with Crippen LogP contribution in [0.15, 0.2) is 97.1 Å². The van der Waals surface area contributed by atoms with E-state index in [0.29, 0.717) is 48.7 Å². The third kappa shape index (κ3) is 7.57. The van der Waals surface area contributed by atoms with Crippen molar-refractivity contribution >= 4 is 29.1 Å². The van der Waals surface area contributed by atoms with E-state index >= 15 is 0 Å². The van der Waals surface area contributed by atoms with Gasteiger partial charge >= 0.3 is 0 Å². The molecule has 0 aromatic heterocycles. The second-order valence-corrected chi connectivity index (χ2v) is 10.4. The largest absolute Gasteiger partial charge is 0.497 e. The molecule has 1 heterocycles. The minimum atomic E-state index is -0.475. The van der Waals surface area contributed by atoms with Crippen LogP contribution in [0.3, 0.4) is 0 Å². The summed E-state index contributed by atoms with van der Waals surface area (Å²) in [6.45, 7) is 2.29. The molecule has 0 spiro atoms. The first-order valence-electron chi connectivity index (χ1n) is 14.2. The summed E-state index contributed by atoms with van der Waals surface area (Å²) in [5, 5.41) is 2.83. The van der Waals surface area contributed by atoms with E-state index in [1.165, 1.54) is 41.3 Å². The smallest absolute Gasteiger partial charge is 0.254 e. The van der Waals surface area contributed by atoms with Gasteiger partial charge in [-0.25, -0.2) is 8.78 Å². The minimum Gasteiger partial charge on any atom is -0.497 e. The Bertz CT molecular complexity index is 1590. The van der Waals surface area contributed by atoms with Crippen LogP contribution in [-0.2, 0) is 11.3 Å². The van der Waals surface area contributed by atoms with E-state index in [1.54, 1.807) is 55.6 Å². The van der Waals surface area contributed by atoms with Crippen molar-refractivity contribution in [2.24, 2.45) is 0 Å². The number of anilines is 2. The van der Waals surface area contributed by atoms with Gasteiger partial charge in [0.25, 0.3) is 11.8 Å². The highest BCUT2D eigenvalue weighted by atomic mass is 19.1. The maximum absolute atomic E-state index is 13.4.